The van der Waals surface area contributed by atoms with Crippen LogP contribution < -0.4 is 15.2 Å². The van der Waals surface area contributed by atoms with Crippen molar-refractivity contribution in [2.24, 2.45) is 0 Å². The number of aromatic nitrogens is 2. The molecule has 3 N–H and O–H groups in total. The maximum atomic E-state index is 6.05. The second-order valence-corrected chi connectivity index (χ2v) is 4.70. The zero-order chi connectivity index (χ0) is 13.0. The number of fused-ring (bicyclic) bond motifs is 2. The highest BCUT2D eigenvalue weighted by atomic mass is 16.7. The number of rotatable bonds is 1. The number of hydrogen-bond acceptors (Lipinski definition) is 5. The minimum Gasteiger partial charge on any atom is -0.454 e. The van der Waals surface area contributed by atoms with Gasteiger partial charge in [0.25, 0.3) is 0 Å². The van der Waals surface area contributed by atoms with E-state index < -0.39 is 0 Å². The fourth-order valence-corrected chi connectivity index (χ4v) is 2.45. The third-order valence-corrected chi connectivity index (χ3v) is 3.47. The highest BCUT2D eigenvalue weighted by Gasteiger charge is 2.26. The van der Waals surface area contributed by atoms with Crippen molar-refractivity contribution in [3.63, 3.8) is 0 Å². The lowest BCUT2D eigenvalue weighted by molar-refractivity contribution is 0.0762. The summed E-state index contributed by atoms with van der Waals surface area (Å²) < 4.78 is 16.2. The van der Waals surface area contributed by atoms with Crippen LogP contribution in [0.5, 0.6) is 11.5 Å². The first kappa shape index (κ1) is 10.7. The van der Waals surface area contributed by atoms with Crippen molar-refractivity contribution < 1.29 is 14.2 Å². The van der Waals surface area contributed by atoms with Crippen molar-refractivity contribution >= 4 is 5.69 Å². The molecule has 2 aliphatic heterocycles. The molecule has 0 amide bonds. The summed E-state index contributed by atoms with van der Waals surface area (Å²) in [6.07, 6.45) is 0.0234. The SMILES string of the molecule is CC1OCc2[nH]c(-c3cc4c(cc3N)OCO4)nc21. The van der Waals surface area contributed by atoms with Crippen LogP contribution in [0.25, 0.3) is 11.4 Å². The lowest BCUT2D eigenvalue weighted by Crippen LogP contribution is -1.94. The number of nitrogens with one attached hydrogen (secondary N) is 1. The van der Waals surface area contributed by atoms with Crippen LogP contribution in [-0.2, 0) is 11.3 Å². The summed E-state index contributed by atoms with van der Waals surface area (Å²) in [4.78, 5) is 7.83. The number of nitrogen functional groups attached to an aromatic ring is 1. The lowest BCUT2D eigenvalue weighted by atomic mass is 10.1. The van der Waals surface area contributed by atoms with Gasteiger partial charge in [-0.3, -0.25) is 0 Å². The molecule has 6 nitrogen and oxygen atoms in total. The summed E-state index contributed by atoms with van der Waals surface area (Å²) in [6.45, 7) is 2.78. The van der Waals surface area contributed by atoms with Crippen LogP contribution in [0.1, 0.15) is 24.4 Å². The molecule has 2 aliphatic rings. The number of hydrogen-bond donors (Lipinski definition) is 2. The molecule has 3 heterocycles. The predicted molar refractivity (Wildman–Crippen MR) is 67.8 cm³/mol. The summed E-state index contributed by atoms with van der Waals surface area (Å²) in [5.74, 6) is 2.12. The average Bonchev–Trinajstić information content (AvgIpc) is 3.05. The van der Waals surface area contributed by atoms with Crippen molar-refractivity contribution in [1.82, 2.24) is 9.97 Å². The van der Waals surface area contributed by atoms with Crippen molar-refractivity contribution in [3.8, 4) is 22.9 Å². The monoisotopic (exact) mass is 259 g/mol. The van der Waals surface area contributed by atoms with E-state index in [4.69, 9.17) is 19.9 Å². The molecule has 1 aromatic carbocycles. The molecular weight excluding hydrogens is 246 g/mol. The predicted octanol–water partition coefficient (Wildman–Crippen LogP) is 1.98. The number of aromatic amines is 1. The van der Waals surface area contributed by atoms with E-state index in [0.717, 1.165) is 22.8 Å². The van der Waals surface area contributed by atoms with Gasteiger partial charge >= 0.3 is 0 Å². The van der Waals surface area contributed by atoms with E-state index in [9.17, 15) is 0 Å². The van der Waals surface area contributed by atoms with Gasteiger partial charge in [0.2, 0.25) is 6.79 Å². The van der Waals surface area contributed by atoms with Crippen LogP contribution in [0.2, 0.25) is 0 Å². The second kappa shape index (κ2) is 3.64. The van der Waals surface area contributed by atoms with Crippen molar-refractivity contribution in [2.45, 2.75) is 19.6 Å². The molecule has 0 bridgehead atoms. The Kier molecular flexibility index (Phi) is 2.05. The number of nitrogens with zero attached hydrogens (tertiary/aromatic N) is 1. The Bertz CT molecular complexity index is 665. The first-order valence-corrected chi connectivity index (χ1v) is 6.12. The van der Waals surface area contributed by atoms with Crippen LogP contribution in [0, 0.1) is 0 Å². The zero-order valence-corrected chi connectivity index (χ0v) is 10.4. The number of imidazole rings is 1. The normalized spacial score (nSPS) is 19.7. The van der Waals surface area contributed by atoms with Gasteiger partial charge in [-0.25, -0.2) is 4.98 Å². The van der Waals surface area contributed by atoms with E-state index in [0.29, 0.717) is 23.8 Å². The van der Waals surface area contributed by atoms with Gasteiger partial charge in [-0.2, -0.15) is 0 Å². The smallest absolute Gasteiger partial charge is 0.231 e. The van der Waals surface area contributed by atoms with Crippen LogP contribution in [-0.4, -0.2) is 16.8 Å². The van der Waals surface area contributed by atoms with E-state index in [1.54, 1.807) is 6.07 Å². The van der Waals surface area contributed by atoms with Gasteiger partial charge in [0.1, 0.15) is 5.82 Å². The maximum Gasteiger partial charge on any atom is 0.231 e. The molecule has 2 aromatic rings. The average molecular weight is 259 g/mol. The maximum absolute atomic E-state index is 6.05. The minimum atomic E-state index is 0.0234. The molecule has 1 unspecified atom stereocenters. The van der Waals surface area contributed by atoms with Gasteiger partial charge in [-0.1, -0.05) is 0 Å². The Morgan fingerprint density at radius 2 is 2.11 bits per heavy atom. The van der Waals surface area contributed by atoms with Crippen LogP contribution in [0.4, 0.5) is 5.69 Å². The summed E-state index contributed by atoms with van der Waals surface area (Å²) in [7, 11) is 0. The molecule has 19 heavy (non-hydrogen) atoms. The summed E-state index contributed by atoms with van der Waals surface area (Å²) in [5, 5.41) is 0. The molecule has 0 aliphatic carbocycles. The fourth-order valence-electron chi connectivity index (χ4n) is 2.45. The molecule has 0 radical (unpaired) electrons. The van der Waals surface area contributed by atoms with Gasteiger partial charge in [0, 0.05) is 17.3 Å². The molecule has 0 saturated heterocycles. The topological polar surface area (TPSA) is 82.4 Å². The Labute approximate surface area is 109 Å². The third-order valence-electron chi connectivity index (χ3n) is 3.47. The summed E-state index contributed by atoms with van der Waals surface area (Å²) in [6, 6.07) is 3.63. The quantitative estimate of drug-likeness (QED) is 0.765. The van der Waals surface area contributed by atoms with Crippen LogP contribution in [0.3, 0.4) is 0 Å². The molecule has 0 spiro atoms. The molecule has 4 rings (SSSR count). The zero-order valence-electron chi connectivity index (χ0n) is 10.4. The van der Waals surface area contributed by atoms with E-state index in [-0.39, 0.29) is 12.9 Å². The number of benzene rings is 1. The van der Waals surface area contributed by atoms with E-state index >= 15 is 0 Å². The molecule has 0 saturated carbocycles. The standard InChI is InChI=1S/C13H13N3O3/c1-6-12-9(4-17-6)15-13(16-12)7-2-10-11(3-8(7)14)19-5-18-10/h2-3,6H,4-5,14H2,1H3,(H,15,16). The van der Waals surface area contributed by atoms with E-state index in [2.05, 4.69) is 9.97 Å². The molecule has 6 heteroatoms. The van der Waals surface area contributed by atoms with Crippen molar-refractivity contribution in [2.75, 3.05) is 12.5 Å². The van der Waals surface area contributed by atoms with Gasteiger partial charge in [-0.05, 0) is 13.0 Å². The second-order valence-electron chi connectivity index (χ2n) is 4.70. The Morgan fingerprint density at radius 3 is 2.89 bits per heavy atom. The molecular formula is C13H13N3O3. The van der Waals surface area contributed by atoms with Crippen molar-refractivity contribution in [3.05, 3.63) is 23.5 Å². The first-order chi connectivity index (χ1) is 9.22. The van der Waals surface area contributed by atoms with E-state index in [1.165, 1.54) is 0 Å². The fraction of sp³-hybridized carbons (Fsp3) is 0.308. The Hall–Kier alpha value is -2.21. The Balaban J connectivity index is 1.83. The molecule has 98 valence electrons. The third kappa shape index (κ3) is 1.50. The van der Waals surface area contributed by atoms with Gasteiger partial charge in [-0.15, -0.1) is 0 Å². The highest BCUT2D eigenvalue weighted by Crippen LogP contribution is 2.40. The number of anilines is 1. The number of H-pyrrole nitrogens is 1. The van der Waals surface area contributed by atoms with Gasteiger partial charge in [0.15, 0.2) is 11.5 Å². The van der Waals surface area contributed by atoms with Crippen LogP contribution >= 0.6 is 0 Å². The molecule has 0 fully saturated rings. The molecule has 1 aromatic heterocycles. The highest BCUT2D eigenvalue weighted by molar-refractivity contribution is 5.76. The number of nitrogens with two attached hydrogens (primary N) is 1. The van der Waals surface area contributed by atoms with E-state index in [1.807, 2.05) is 13.0 Å². The summed E-state index contributed by atoms with van der Waals surface area (Å²) >= 11 is 0. The van der Waals surface area contributed by atoms with Crippen LogP contribution in [0.15, 0.2) is 12.1 Å². The molecule has 1 atom stereocenters. The minimum absolute atomic E-state index is 0.0234. The van der Waals surface area contributed by atoms with Gasteiger partial charge < -0.3 is 24.9 Å². The van der Waals surface area contributed by atoms with Gasteiger partial charge in [0.05, 0.1) is 24.1 Å². The Morgan fingerprint density at radius 1 is 1.32 bits per heavy atom. The lowest BCUT2D eigenvalue weighted by Gasteiger charge is -2.06. The number of ether oxygens (including phenoxy) is 3. The van der Waals surface area contributed by atoms with Crippen molar-refractivity contribution in [1.29, 1.82) is 0 Å². The summed E-state index contributed by atoms with van der Waals surface area (Å²) in [5.41, 5.74) is 9.46. The largest absolute Gasteiger partial charge is 0.454 e. The first-order valence-electron chi connectivity index (χ1n) is 6.12.